The summed E-state index contributed by atoms with van der Waals surface area (Å²) >= 11 is 0. The Labute approximate surface area is 170 Å². The van der Waals surface area contributed by atoms with Gasteiger partial charge in [-0.3, -0.25) is 9.48 Å². The molecular formula is C23H26N4O2. The van der Waals surface area contributed by atoms with Crippen LogP contribution in [0.4, 0.5) is 5.69 Å². The summed E-state index contributed by atoms with van der Waals surface area (Å²) in [6.07, 6.45) is 5.03. The van der Waals surface area contributed by atoms with Gasteiger partial charge < -0.3 is 15.7 Å². The van der Waals surface area contributed by atoms with E-state index in [-0.39, 0.29) is 17.7 Å². The molecule has 1 aromatic heterocycles. The Balaban J connectivity index is 1.58. The van der Waals surface area contributed by atoms with Gasteiger partial charge in [0.1, 0.15) is 11.4 Å². The first-order chi connectivity index (χ1) is 14.0. The Kier molecular flexibility index (Phi) is 5.36. The van der Waals surface area contributed by atoms with E-state index in [4.69, 9.17) is 0 Å². The molecule has 1 aliphatic rings. The molecule has 0 unspecified atom stereocenters. The van der Waals surface area contributed by atoms with Crippen LogP contribution in [-0.2, 0) is 11.8 Å². The van der Waals surface area contributed by atoms with Crippen molar-refractivity contribution in [1.29, 1.82) is 0 Å². The molecule has 6 nitrogen and oxygen atoms in total. The highest BCUT2D eigenvalue weighted by atomic mass is 16.3. The van der Waals surface area contributed by atoms with Crippen LogP contribution >= 0.6 is 0 Å². The summed E-state index contributed by atoms with van der Waals surface area (Å²) in [6.45, 7) is 2.89. The van der Waals surface area contributed by atoms with Gasteiger partial charge in [0.25, 0.3) is 0 Å². The number of rotatable bonds is 4. The molecule has 1 atom stereocenters. The lowest BCUT2D eigenvalue weighted by Gasteiger charge is -2.22. The Morgan fingerprint density at radius 2 is 1.97 bits per heavy atom. The summed E-state index contributed by atoms with van der Waals surface area (Å²) < 4.78 is 1.75. The molecule has 1 amide bonds. The number of phenols is 1. The third-order valence-corrected chi connectivity index (χ3v) is 5.33. The number of anilines is 1. The number of carbonyl (C=O) groups is 1. The van der Waals surface area contributed by atoms with Crippen LogP contribution in [0.1, 0.15) is 24.8 Å². The smallest absolute Gasteiger partial charge is 0.241 e. The van der Waals surface area contributed by atoms with Crippen molar-refractivity contribution in [2.45, 2.75) is 32.2 Å². The minimum atomic E-state index is -0.113. The molecule has 29 heavy (non-hydrogen) atoms. The van der Waals surface area contributed by atoms with Gasteiger partial charge >= 0.3 is 0 Å². The molecule has 1 aliphatic heterocycles. The second kappa shape index (κ2) is 8.09. The van der Waals surface area contributed by atoms with E-state index in [9.17, 15) is 9.90 Å². The number of hydrogen-bond acceptors (Lipinski definition) is 4. The second-order valence-corrected chi connectivity index (χ2v) is 7.65. The molecule has 3 aromatic rings. The fourth-order valence-corrected chi connectivity index (χ4v) is 3.78. The van der Waals surface area contributed by atoms with E-state index >= 15 is 0 Å². The lowest BCUT2D eigenvalue weighted by atomic mass is 9.99. The van der Waals surface area contributed by atoms with E-state index in [0.29, 0.717) is 5.56 Å². The summed E-state index contributed by atoms with van der Waals surface area (Å²) in [5, 5.41) is 21.2. The molecule has 0 aliphatic carbocycles. The first-order valence-electron chi connectivity index (χ1n) is 9.99. The number of benzene rings is 2. The molecule has 1 saturated heterocycles. The minimum absolute atomic E-state index is 0.0178. The van der Waals surface area contributed by atoms with E-state index in [1.807, 2.05) is 56.6 Å². The van der Waals surface area contributed by atoms with E-state index in [0.717, 1.165) is 53.9 Å². The standard InChI is InChI=1S/C23H26N4O2/c1-15-6-11-21(28)18(13-15)22-19(14-27(2)26-22)16-7-9-17(10-8-16)25-23(29)20-5-3-4-12-24-20/h6-11,13-14,20,24,28H,3-5,12H2,1-2H3,(H,25,29)/t20-/m0/s1. The first kappa shape index (κ1) is 19.2. The Hall–Kier alpha value is -3.12. The van der Waals surface area contributed by atoms with Gasteiger partial charge in [-0.25, -0.2) is 0 Å². The highest BCUT2D eigenvalue weighted by molar-refractivity contribution is 5.95. The maximum Gasteiger partial charge on any atom is 0.241 e. The quantitative estimate of drug-likeness (QED) is 0.632. The van der Waals surface area contributed by atoms with Crippen LogP contribution in [0, 0.1) is 6.92 Å². The molecule has 0 bridgehead atoms. The van der Waals surface area contributed by atoms with Crippen molar-refractivity contribution in [3.63, 3.8) is 0 Å². The topological polar surface area (TPSA) is 79.2 Å². The average Bonchev–Trinajstić information content (AvgIpc) is 3.12. The van der Waals surface area contributed by atoms with Gasteiger partial charge in [-0.1, -0.05) is 30.2 Å². The van der Waals surface area contributed by atoms with Gasteiger partial charge in [-0.05, 0) is 56.1 Å². The normalized spacial score (nSPS) is 16.6. The number of aromatic hydroxyl groups is 1. The number of carbonyl (C=O) groups excluding carboxylic acids is 1. The second-order valence-electron chi connectivity index (χ2n) is 7.65. The Morgan fingerprint density at radius 1 is 1.17 bits per heavy atom. The van der Waals surface area contributed by atoms with Crippen molar-refractivity contribution in [3.05, 3.63) is 54.2 Å². The molecule has 0 spiro atoms. The van der Waals surface area contributed by atoms with Gasteiger partial charge in [0.15, 0.2) is 0 Å². The number of hydrogen-bond donors (Lipinski definition) is 3. The van der Waals surface area contributed by atoms with Crippen LogP contribution in [0.5, 0.6) is 5.75 Å². The van der Waals surface area contributed by atoms with Crippen molar-refractivity contribution in [2.24, 2.45) is 7.05 Å². The number of phenolic OH excluding ortho intramolecular Hbond substituents is 1. The Bertz CT molecular complexity index is 1020. The Morgan fingerprint density at radius 3 is 2.69 bits per heavy atom. The molecule has 4 rings (SSSR count). The van der Waals surface area contributed by atoms with E-state index in [2.05, 4.69) is 15.7 Å². The molecule has 0 saturated carbocycles. The summed E-state index contributed by atoms with van der Waals surface area (Å²) in [4.78, 5) is 12.4. The molecule has 2 heterocycles. The monoisotopic (exact) mass is 390 g/mol. The predicted molar refractivity (Wildman–Crippen MR) is 115 cm³/mol. The van der Waals surface area contributed by atoms with Gasteiger partial charge in [-0.2, -0.15) is 5.10 Å². The third-order valence-electron chi connectivity index (χ3n) is 5.33. The van der Waals surface area contributed by atoms with Gasteiger partial charge in [0.05, 0.1) is 6.04 Å². The maximum atomic E-state index is 12.4. The van der Waals surface area contributed by atoms with Crippen molar-refractivity contribution in [2.75, 3.05) is 11.9 Å². The number of aryl methyl sites for hydroxylation is 2. The highest BCUT2D eigenvalue weighted by Crippen LogP contribution is 2.36. The minimum Gasteiger partial charge on any atom is -0.507 e. The van der Waals surface area contributed by atoms with Crippen LogP contribution in [0.15, 0.2) is 48.7 Å². The lowest BCUT2D eigenvalue weighted by molar-refractivity contribution is -0.118. The maximum absolute atomic E-state index is 12.4. The average molecular weight is 390 g/mol. The van der Waals surface area contributed by atoms with Crippen molar-refractivity contribution in [3.8, 4) is 28.1 Å². The van der Waals surface area contributed by atoms with E-state index in [1.165, 1.54) is 0 Å². The van der Waals surface area contributed by atoms with Crippen molar-refractivity contribution in [1.82, 2.24) is 15.1 Å². The molecule has 1 fully saturated rings. The number of nitrogens with one attached hydrogen (secondary N) is 2. The van der Waals surface area contributed by atoms with E-state index < -0.39 is 0 Å². The largest absolute Gasteiger partial charge is 0.507 e. The number of aromatic nitrogens is 2. The van der Waals surface area contributed by atoms with Crippen LogP contribution in [-0.4, -0.2) is 33.4 Å². The third kappa shape index (κ3) is 4.17. The zero-order valence-corrected chi connectivity index (χ0v) is 16.8. The van der Waals surface area contributed by atoms with Gasteiger partial charge in [0.2, 0.25) is 5.91 Å². The SMILES string of the molecule is Cc1ccc(O)c(-c2nn(C)cc2-c2ccc(NC(=O)[C@@H]3CCCCN3)cc2)c1. The fourth-order valence-electron chi connectivity index (χ4n) is 3.78. The van der Waals surface area contributed by atoms with Crippen molar-refractivity contribution >= 4 is 11.6 Å². The molecule has 150 valence electrons. The first-order valence-corrected chi connectivity index (χ1v) is 9.99. The van der Waals surface area contributed by atoms with Crippen LogP contribution in [0.2, 0.25) is 0 Å². The summed E-state index contributed by atoms with van der Waals surface area (Å²) in [6, 6.07) is 13.1. The van der Waals surface area contributed by atoms with Crippen LogP contribution in [0.25, 0.3) is 22.4 Å². The summed E-state index contributed by atoms with van der Waals surface area (Å²) in [5.41, 5.74) is 5.18. The molecule has 2 aromatic carbocycles. The molecule has 6 heteroatoms. The number of nitrogens with zero attached hydrogens (tertiary/aromatic N) is 2. The highest BCUT2D eigenvalue weighted by Gasteiger charge is 2.20. The fraction of sp³-hybridized carbons (Fsp3) is 0.304. The van der Waals surface area contributed by atoms with Crippen LogP contribution < -0.4 is 10.6 Å². The molecule has 0 radical (unpaired) electrons. The number of piperidine rings is 1. The zero-order valence-electron chi connectivity index (χ0n) is 16.8. The number of amides is 1. The van der Waals surface area contributed by atoms with Gasteiger partial charge in [0, 0.05) is 30.1 Å². The zero-order chi connectivity index (χ0) is 20.4. The lowest BCUT2D eigenvalue weighted by Crippen LogP contribution is -2.43. The summed E-state index contributed by atoms with van der Waals surface area (Å²) in [7, 11) is 1.87. The molecular weight excluding hydrogens is 364 g/mol. The summed E-state index contributed by atoms with van der Waals surface area (Å²) in [5.74, 6) is 0.226. The van der Waals surface area contributed by atoms with E-state index in [1.54, 1.807) is 10.7 Å². The van der Waals surface area contributed by atoms with Gasteiger partial charge in [-0.15, -0.1) is 0 Å². The molecule has 3 N–H and O–H groups in total. The predicted octanol–water partition coefficient (Wildman–Crippen LogP) is 3.85. The van der Waals surface area contributed by atoms with Crippen LogP contribution in [0.3, 0.4) is 0 Å². The van der Waals surface area contributed by atoms with Crippen molar-refractivity contribution < 1.29 is 9.90 Å².